The van der Waals surface area contributed by atoms with Gasteiger partial charge in [-0.2, -0.15) is 0 Å². The third kappa shape index (κ3) is 40.1. The van der Waals surface area contributed by atoms with Gasteiger partial charge in [0.05, 0.1) is 6.04 Å². The number of carbonyl (C=O) groups excluding carboxylic acids is 9. The maximum atomic E-state index is 15.2. The zero-order valence-corrected chi connectivity index (χ0v) is 62.1. The minimum absolute atomic E-state index is 0.00188. The Balaban J connectivity index is 2.13. The maximum absolute atomic E-state index is 15.2. The Morgan fingerprint density at radius 2 is 0.432 bits per heavy atom. The topological polar surface area (TPSA) is 759 Å². The molecule has 0 aliphatic rings. The fourth-order valence-corrected chi connectivity index (χ4v) is 11.1. The van der Waals surface area contributed by atoms with Crippen molar-refractivity contribution in [2.24, 2.45) is 45.9 Å². The summed E-state index contributed by atoms with van der Waals surface area (Å²) in [6, 6.07) is 10.9. The minimum Gasteiger partial charge on any atom is -0.480 e. The first-order valence-corrected chi connectivity index (χ1v) is 36.2. The smallest absolute Gasteiger partial charge is 0.326 e. The van der Waals surface area contributed by atoms with Crippen LogP contribution in [0.25, 0.3) is 0 Å². The zero-order chi connectivity index (χ0) is 82.2. The SMILES string of the molecule is N=C(N)NCCC[C@H](NC(=O)[C@H](CCCNC(=N)N)NC(=O)[C@H](Cc1ccccc1)NC(=O)[C@H](CCCNC(=N)N)NC(=O)[C@H](CCCNC(=N)N)NC(=O)[C@H](Cc1ccccc1)NC(=O)[C@H](CCCNC(=N)N)NC(=O)[C@H](CCCNC(=N)N)NC(=O)[C@H](Cc1ccccc1)NC(=O)[C@@H](N)CCCNC(=N)N)C(=O)O. The van der Waals surface area contributed by atoms with Crippen molar-refractivity contribution in [1.82, 2.24) is 85.1 Å². The van der Waals surface area contributed by atoms with Crippen LogP contribution in [-0.4, -0.2) is 212 Å². The Bertz CT molecular complexity index is 3560. The number of carboxylic acids is 1. The zero-order valence-electron chi connectivity index (χ0n) is 62.1. The predicted molar refractivity (Wildman–Crippen MR) is 417 cm³/mol. The molecule has 3 rings (SSSR count). The molecule has 3 aromatic rings. The molecule has 0 bridgehead atoms. The summed E-state index contributed by atoms with van der Waals surface area (Å²) in [6.45, 7) is 0.452. The van der Waals surface area contributed by atoms with Crippen LogP contribution in [0, 0.1) is 37.9 Å². The molecule has 0 saturated carbocycles. The molecule has 0 aliphatic carbocycles. The number of aliphatic carboxylic acids is 1. The molecule has 40 N–H and O–H groups in total. The van der Waals surface area contributed by atoms with E-state index in [0.29, 0.717) is 23.1 Å². The first-order valence-electron chi connectivity index (χ1n) is 36.2. The second-order valence-electron chi connectivity index (χ2n) is 25.9. The number of hydrogen-bond donors (Lipinski definition) is 32. The van der Waals surface area contributed by atoms with E-state index in [1.807, 2.05) is 0 Å². The number of benzene rings is 3. The van der Waals surface area contributed by atoms with E-state index < -0.39 is 137 Å². The largest absolute Gasteiger partial charge is 0.480 e. The molecule has 0 fully saturated rings. The molecule has 0 aliphatic heterocycles. The molecule has 0 spiro atoms. The van der Waals surface area contributed by atoms with E-state index in [9.17, 15) is 38.7 Å². The summed E-state index contributed by atoms with van der Waals surface area (Å²) < 4.78 is 0. The van der Waals surface area contributed by atoms with Gasteiger partial charge in [-0.05, 0) is 107 Å². The quantitative estimate of drug-likeness (QED) is 0.0142. The standard InChI is InChI=1S/C69H113N31O11/c70-43(23-10-30-85-63(71)72)53(101)98-50(37-40-17-4-1-5-18-40)59(107)94-44(24-11-31-86-64(73)74)54(102)92-47(27-14-34-89-67(79)80)57(105)99-51(38-41-19-6-2-7-20-41)60(108)95-45(25-12-32-87-65(75)76)55(103)93-48(28-15-35-90-68(81)82)58(106)100-52(39-42-21-8-3-9-22-42)61(109)96-46(26-13-33-88-66(77)78)56(104)97-49(62(110)111)29-16-36-91-69(83)84/h1-9,17-22,43-52H,10-16,23-39,70H2,(H,92,102)(H,93,103)(H,94,107)(H,95,108)(H,96,109)(H,97,104)(H,98,101)(H,99,105)(H,100,106)(H,110,111)(H4,71,72,85)(H4,73,74,86)(H4,75,76,87)(H4,77,78,88)(H4,79,80,89)(H4,81,82,90)(H4,83,84,91)/t43-,44-,45-,46-,47-,48-,49-,50-,51-,52-/m0/s1. The van der Waals surface area contributed by atoms with E-state index in [-0.39, 0.29) is 172 Å². The number of hydrogen-bond acceptors (Lipinski definition) is 18. The molecule has 111 heavy (non-hydrogen) atoms. The van der Waals surface area contributed by atoms with Gasteiger partial charge in [0, 0.05) is 65.1 Å². The first-order chi connectivity index (χ1) is 52.8. The number of carbonyl (C=O) groups is 10. The van der Waals surface area contributed by atoms with Crippen LogP contribution in [0.5, 0.6) is 0 Å². The van der Waals surface area contributed by atoms with Crippen LogP contribution in [-0.2, 0) is 67.2 Å². The highest BCUT2D eigenvalue weighted by atomic mass is 16.4. The molecular formula is C69H113N31O11. The van der Waals surface area contributed by atoms with Gasteiger partial charge in [-0.15, -0.1) is 0 Å². The summed E-state index contributed by atoms with van der Waals surface area (Å²) in [5.41, 5.74) is 46.5. The second kappa shape index (κ2) is 51.5. The van der Waals surface area contributed by atoms with Crippen molar-refractivity contribution >= 4 is 101 Å². The summed E-state index contributed by atoms with van der Waals surface area (Å²) in [6.07, 6.45) is -0.535. The van der Waals surface area contributed by atoms with Crippen LogP contribution in [0.2, 0.25) is 0 Å². The highest BCUT2D eigenvalue weighted by Gasteiger charge is 2.36. The molecule has 0 saturated heterocycles. The van der Waals surface area contributed by atoms with Crippen molar-refractivity contribution in [2.45, 2.75) is 170 Å². The third-order valence-corrected chi connectivity index (χ3v) is 16.8. The minimum atomic E-state index is -1.57. The molecule has 9 amide bonds. The molecule has 610 valence electrons. The molecule has 0 aromatic heterocycles. The van der Waals surface area contributed by atoms with Gasteiger partial charge in [0.25, 0.3) is 0 Å². The lowest BCUT2D eigenvalue weighted by atomic mass is 10.0. The Hall–Kier alpha value is -12.8. The molecule has 10 atom stereocenters. The lowest BCUT2D eigenvalue weighted by Crippen LogP contribution is -2.61. The van der Waals surface area contributed by atoms with Crippen LogP contribution in [0.3, 0.4) is 0 Å². The van der Waals surface area contributed by atoms with Gasteiger partial charge >= 0.3 is 5.97 Å². The Morgan fingerprint density at radius 1 is 0.261 bits per heavy atom. The Morgan fingerprint density at radius 3 is 0.640 bits per heavy atom. The second-order valence-corrected chi connectivity index (χ2v) is 25.9. The number of amides is 9. The van der Waals surface area contributed by atoms with E-state index in [2.05, 4.69) is 85.1 Å². The maximum Gasteiger partial charge on any atom is 0.326 e. The van der Waals surface area contributed by atoms with E-state index in [4.69, 9.17) is 83.7 Å². The van der Waals surface area contributed by atoms with Gasteiger partial charge < -0.3 is 136 Å². The highest BCUT2D eigenvalue weighted by Crippen LogP contribution is 2.14. The van der Waals surface area contributed by atoms with Gasteiger partial charge in [0.1, 0.15) is 54.4 Å². The summed E-state index contributed by atoms with van der Waals surface area (Å²) >= 11 is 0. The number of rotatable bonds is 53. The van der Waals surface area contributed by atoms with Gasteiger partial charge in [0.2, 0.25) is 53.2 Å². The number of guanidine groups is 7. The molecule has 42 nitrogen and oxygen atoms in total. The fourth-order valence-electron chi connectivity index (χ4n) is 11.1. The highest BCUT2D eigenvalue weighted by molar-refractivity contribution is 5.99. The van der Waals surface area contributed by atoms with E-state index >= 15 is 14.4 Å². The van der Waals surface area contributed by atoms with Crippen molar-refractivity contribution in [3.05, 3.63) is 108 Å². The number of nitrogens with two attached hydrogens (primary N) is 8. The van der Waals surface area contributed by atoms with Crippen LogP contribution < -0.4 is 131 Å². The van der Waals surface area contributed by atoms with E-state index in [1.165, 1.54) is 0 Å². The molecule has 0 heterocycles. The van der Waals surface area contributed by atoms with Gasteiger partial charge in [-0.3, -0.25) is 81.0 Å². The van der Waals surface area contributed by atoms with E-state index in [0.717, 1.165) is 0 Å². The van der Waals surface area contributed by atoms with Crippen molar-refractivity contribution < 1.29 is 53.1 Å². The number of carboxylic acid groups (broad SMARTS) is 1. The van der Waals surface area contributed by atoms with E-state index in [1.54, 1.807) is 91.0 Å². The molecule has 3 aromatic carbocycles. The van der Waals surface area contributed by atoms with Crippen molar-refractivity contribution in [3.63, 3.8) is 0 Å². The van der Waals surface area contributed by atoms with Crippen molar-refractivity contribution in [1.29, 1.82) is 37.9 Å². The normalized spacial score (nSPS) is 13.4. The van der Waals surface area contributed by atoms with Crippen LogP contribution in [0.1, 0.15) is 107 Å². The third-order valence-electron chi connectivity index (χ3n) is 16.8. The van der Waals surface area contributed by atoms with Crippen molar-refractivity contribution in [2.75, 3.05) is 45.8 Å². The average molecular weight is 1550 g/mol. The molecule has 0 unspecified atom stereocenters. The summed E-state index contributed by atoms with van der Waals surface area (Å²) in [4.78, 5) is 144. The lowest BCUT2D eigenvalue weighted by molar-refractivity contribution is -0.142. The van der Waals surface area contributed by atoms with Gasteiger partial charge in [-0.1, -0.05) is 91.0 Å². The Kier molecular flexibility index (Phi) is 42.9. The van der Waals surface area contributed by atoms with Crippen molar-refractivity contribution in [3.8, 4) is 0 Å². The molecule has 0 radical (unpaired) electrons. The molecular weight excluding hydrogens is 1440 g/mol. The van der Waals surface area contributed by atoms with Gasteiger partial charge in [0.15, 0.2) is 41.7 Å². The lowest BCUT2D eigenvalue weighted by Gasteiger charge is -2.29. The predicted octanol–water partition coefficient (Wildman–Crippen LogP) is -6.67. The fraction of sp³-hybridized carbons (Fsp3) is 0.493. The Labute approximate surface area is 643 Å². The number of nitrogens with one attached hydrogen (secondary N) is 23. The van der Waals surface area contributed by atoms with Crippen LogP contribution in [0.4, 0.5) is 0 Å². The average Bonchev–Trinajstić information content (AvgIpc) is 0.852. The summed E-state index contributed by atoms with van der Waals surface area (Å²) in [7, 11) is 0. The van der Waals surface area contributed by atoms with Gasteiger partial charge in [-0.25, -0.2) is 4.79 Å². The monoisotopic (exact) mass is 1550 g/mol. The first kappa shape index (κ1) is 92.4. The molecule has 42 heteroatoms. The van der Waals surface area contributed by atoms with Crippen LogP contribution in [0.15, 0.2) is 91.0 Å². The summed E-state index contributed by atoms with van der Waals surface area (Å²) in [5, 5.41) is 106. The van der Waals surface area contributed by atoms with Crippen LogP contribution >= 0.6 is 0 Å². The summed E-state index contributed by atoms with van der Waals surface area (Å²) in [5.74, 6) is -12.2.